The average Bonchev–Trinajstić information content (AvgIpc) is 2.62. The summed E-state index contributed by atoms with van der Waals surface area (Å²) in [4.78, 5) is 36.7. The Balaban J connectivity index is 2.30. The van der Waals surface area contributed by atoms with Crippen LogP contribution >= 0.6 is 0 Å². The minimum absolute atomic E-state index is 0.233. The van der Waals surface area contributed by atoms with E-state index in [4.69, 9.17) is 9.84 Å². The van der Waals surface area contributed by atoms with Crippen molar-refractivity contribution >= 4 is 17.9 Å². The maximum Gasteiger partial charge on any atom is 0.326 e. The first-order valence-electron chi connectivity index (χ1n) is 6.48. The van der Waals surface area contributed by atoms with Crippen molar-refractivity contribution in [3.05, 3.63) is 0 Å². The molecule has 1 spiro atoms. The van der Waals surface area contributed by atoms with Crippen LogP contribution in [0.25, 0.3) is 0 Å². The number of hydrogen-bond donors (Lipinski definition) is 2. The molecule has 1 saturated heterocycles. The first-order valence-corrected chi connectivity index (χ1v) is 6.48. The number of carbonyl (C=O) groups is 3. The van der Waals surface area contributed by atoms with Crippen LogP contribution < -0.4 is 5.32 Å². The number of nitrogens with zero attached hydrogens (tertiary/aromatic N) is 1. The molecule has 2 rings (SSSR count). The number of hydrogen-bond acceptors (Lipinski definition) is 5. The SMILES string of the molecule is CCOC(=O)C1CCCCC12NC(=O)N(CO)C2=O. The molecule has 2 fully saturated rings. The molecule has 2 aliphatic rings. The zero-order valence-electron chi connectivity index (χ0n) is 10.8. The fourth-order valence-corrected chi connectivity index (χ4v) is 2.91. The zero-order chi connectivity index (χ0) is 14.0. The predicted octanol–water partition coefficient (Wildman–Crippen LogP) is -0.0199. The molecule has 1 saturated carbocycles. The Morgan fingerprint density at radius 3 is 2.84 bits per heavy atom. The molecule has 2 atom stereocenters. The molecule has 0 aromatic carbocycles. The van der Waals surface area contributed by atoms with Crippen molar-refractivity contribution in [2.45, 2.75) is 38.1 Å². The molecule has 1 aliphatic heterocycles. The first kappa shape index (κ1) is 13.8. The van der Waals surface area contributed by atoms with E-state index in [1.807, 2.05) is 0 Å². The number of aliphatic hydroxyl groups is 1. The van der Waals surface area contributed by atoms with Gasteiger partial charge >= 0.3 is 12.0 Å². The molecule has 0 aromatic heterocycles. The largest absolute Gasteiger partial charge is 0.466 e. The molecule has 0 aromatic rings. The number of amides is 3. The second-order valence-electron chi connectivity index (χ2n) is 4.83. The highest BCUT2D eigenvalue weighted by molar-refractivity contribution is 6.09. The Labute approximate surface area is 110 Å². The summed E-state index contributed by atoms with van der Waals surface area (Å²) in [6.45, 7) is 1.25. The second kappa shape index (κ2) is 5.16. The highest BCUT2D eigenvalue weighted by Crippen LogP contribution is 2.39. The molecule has 2 unspecified atom stereocenters. The van der Waals surface area contributed by atoms with E-state index in [2.05, 4.69) is 5.32 Å². The van der Waals surface area contributed by atoms with Crippen LogP contribution in [0.1, 0.15) is 32.6 Å². The normalized spacial score (nSPS) is 30.6. The van der Waals surface area contributed by atoms with E-state index in [9.17, 15) is 14.4 Å². The molecular formula is C12H18N2O5. The van der Waals surface area contributed by atoms with Gasteiger partial charge in [-0.2, -0.15) is 0 Å². The van der Waals surface area contributed by atoms with Gasteiger partial charge in [0.15, 0.2) is 0 Å². The summed E-state index contributed by atoms with van der Waals surface area (Å²) in [6.07, 6.45) is 2.47. The number of aliphatic hydroxyl groups excluding tert-OH is 1. The van der Waals surface area contributed by atoms with E-state index in [1.165, 1.54) is 0 Å². The molecular weight excluding hydrogens is 252 g/mol. The molecule has 19 heavy (non-hydrogen) atoms. The summed E-state index contributed by atoms with van der Waals surface area (Å²) >= 11 is 0. The summed E-state index contributed by atoms with van der Waals surface area (Å²) in [7, 11) is 0. The van der Waals surface area contributed by atoms with Crippen molar-refractivity contribution in [1.82, 2.24) is 10.2 Å². The minimum atomic E-state index is -1.23. The standard InChI is InChI=1S/C12H18N2O5/c1-2-19-9(16)8-5-3-4-6-12(8)10(17)14(7-15)11(18)13-12/h8,15H,2-7H2,1H3,(H,13,18). The number of imide groups is 1. The fraction of sp³-hybridized carbons (Fsp3) is 0.750. The van der Waals surface area contributed by atoms with Crippen molar-refractivity contribution in [2.24, 2.45) is 5.92 Å². The van der Waals surface area contributed by atoms with Gasteiger partial charge in [0.1, 0.15) is 12.3 Å². The van der Waals surface area contributed by atoms with Gasteiger partial charge in [-0.15, -0.1) is 0 Å². The minimum Gasteiger partial charge on any atom is -0.466 e. The third-order valence-electron chi connectivity index (χ3n) is 3.82. The van der Waals surface area contributed by atoms with Crippen molar-refractivity contribution in [3.63, 3.8) is 0 Å². The Hall–Kier alpha value is -1.63. The molecule has 106 valence electrons. The van der Waals surface area contributed by atoms with Crippen LogP contribution in [0.3, 0.4) is 0 Å². The maximum atomic E-state index is 12.3. The van der Waals surface area contributed by atoms with E-state index < -0.39 is 36.1 Å². The van der Waals surface area contributed by atoms with Gasteiger partial charge in [-0.25, -0.2) is 9.69 Å². The van der Waals surface area contributed by atoms with E-state index in [0.29, 0.717) is 12.8 Å². The van der Waals surface area contributed by atoms with Crippen molar-refractivity contribution in [2.75, 3.05) is 13.3 Å². The molecule has 0 bridgehead atoms. The third kappa shape index (κ3) is 2.07. The maximum absolute atomic E-state index is 12.3. The summed E-state index contributed by atoms with van der Waals surface area (Å²) in [5.74, 6) is -1.66. The molecule has 7 nitrogen and oxygen atoms in total. The second-order valence-corrected chi connectivity index (χ2v) is 4.83. The van der Waals surface area contributed by atoms with Crippen molar-refractivity contribution < 1.29 is 24.2 Å². The van der Waals surface area contributed by atoms with Crippen LogP contribution in [0, 0.1) is 5.92 Å². The van der Waals surface area contributed by atoms with Gasteiger partial charge < -0.3 is 15.2 Å². The van der Waals surface area contributed by atoms with Crippen LogP contribution in [0.15, 0.2) is 0 Å². The van der Waals surface area contributed by atoms with Gasteiger partial charge in [0.25, 0.3) is 5.91 Å². The average molecular weight is 270 g/mol. The molecule has 3 amide bonds. The smallest absolute Gasteiger partial charge is 0.326 e. The summed E-state index contributed by atoms with van der Waals surface area (Å²) in [6, 6.07) is -0.649. The van der Waals surface area contributed by atoms with Crippen LogP contribution in [-0.4, -0.2) is 46.8 Å². The quantitative estimate of drug-likeness (QED) is 0.555. The Morgan fingerprint density at radius 2 is 2.26 bits per heavy atom. The topological polar surface area (TPSA) is 95.9 Å². The number of nitrogens with one attached hydrogen (secondary N) is 1. The summed E-state index contributed by atoms with van der Waals surface area (Å²) < 4.78 is 5.00. The fourth-order valence-electron chi connectivity index (χ4n) is 2.91. The monoisotopic (exact) mass is 270 g/mol. The summed E-state index contributed by atoms with van der Waals surface area (Å²) in [5.41, 5.74) is -1.23. The number of urea groups is 1. The number of carbonyl (C=O) groups excluding carboxylic acids is 3. The van der Waals surface area contributed by atoms with Gasteiger partial charge in [-0.1, -0.05) is 12.8 Å². The van der Waals surface area contributed by atoms with Gasteiger partial charge in [-0.05, 0) is 19.8 Å². The number of rotatable bonds is 3. The van der Waals surface area contributed by atoms with E-state index in [0.717, 1.165) is 17.7 Å². The van der Waals surface area contributed by atoms with E-state index in [1.54, 1.807) is 6.92 Å². The molecule has 7 heteroatoms. The highest BCUT2D eigenvalue weighted by Gasteiger charge is 2.59. The van der Waals surface area contributed by atoms with Crippen molar-refractivity contribution in [3.8, 4) is 0 Å². The third-order valence-corrected chi connectivity index (χ3v) is 3.82. The molecule has 2 N–H and O–H groups in total. The number of ether oxygens (including phenoxy) is 1. The summed E-state index contributed by atoms with van der Waals surface area (Å²) in [5, 5.41) is 11.7. The van der Waals surface area contributed by atoms with Crippen LogP contribution in [0.2, 0.25) is 0 Å². The Kier molecular flexibility index (Phi) is 3.75. The lowest BCUT2D eigenvalue weighted by Crippen LogP contribution is -2.57. The molecule has 1 heterocycles. The lowest BCUT2D eigenvalue weighted by Gasteiger charge is -2.37. The Morgan fingerprint density at radius 1 is 1.53 bits per heavy atom. The lowest BCUT2D eigenvalue weighted by molar-refractivity contribution is -0.157. The van der Waals surface area contributed by atoms with Crippen molar-refractivity contribution in [1.29, 1.82) is 0 Å². The van der Waals surface area contributed by atoms with Crippen LogP contribution in [0.5, 0.6) is 0 Å². The predicted molar refractivity (Wildman–Crippen MR) is 63.8 cm³/mol. The van der Waals surface area contributed by atoms with E-state index >= 15 is 0 Å². The first-order chi connectivity index (χ1) is 9.06. The van der Waals surface area contributed by atoms with Gasteiger partial charge in [0.2, 0.25) is 0 Å². The molecule has 1 aliphatic carbocycles. The molecule has 0 radical (unpaired) electrons. The zero-order valence-corrected chi connectivity index (χ0v) is 10.8. The van der Waals surface area contributed by atoms with Crippen LogP contribution in [0.4, 0.5) is 4.79 Å². The van der Waals surface area contributed by atoms with Gasteiger partial charge in [-0.3, -0.25) is 9.59 Å². The van der Waals surface area contributed by atoms with Gasteiger partial charge in [0, 0.05) is 0 Å². The van der Waals surface area contributed by atoms with Gasteiger partial charge in [0.05, 0.1) is 12.5 Å². The Bertz CT molecular complexity index is 411. The highest BCUT2D eigenvalue weighted by atomic mass is 16.5. The number of esters is 1. The lowest BCUT2D eigenvalue weighted by atomic mass is 9.72. The van der Waals surface area contributed by atoms with E-state index in [-0.39, 0.29) is 6.61 Å². The van der Waals surface area contributed by atoms with Crippen LogP contribution in [-0.2, 0) is 14.3 Å².